The van der Waals surface area contributed by atoms with Crippen molar-refractivity contribution in [1.82, 2.24) is 5.32 Å². The molecule has 1 aliphatic heterocycles. The van der Waals surface area contributed by atoms with Gasteiger partial charge >= 0.3 is 0 Å². The fourth-order valence-electron chi connectivity index (χ4n) is 3.56. The zero-order valence-electron chi connectivity index (χ0n) is 11.8. The summed E-state index contributed by atoms with van der Waals surface area (Å²) in [5, 5.41) is 3.60. The lowest BCUT2D eigenvalue weighted by molar-refractivity contribution is 0.443. The van der Waals surface area contributed by atoms with Gasteiger partial charge in [-0.05, 0) is 49.3 Å². The summed E-state index contributed by atoms with van der Waals surface area (Å²) in [6.07, 6.45) is 9.27. The number of nitrogens with one attached hydrogen (secondary N) is 1. The number of benzene rings is 1. The van der Waals surface area contributed by atoms with Crippen molar-refractivity contribution in [3.05, 3.63) is 47.5 Å². The van der Waals surface area contributed by atoms with Crippen LogP contribution in [0.15, 0.2) is 36.4 Å². The molecule has 1 aromatic rings. The van der Waals surface area contributed by atoms with Crippen LogP contribution in [0.2, 0.25) is 0 Å². The van der Waals surface area contributed by atoms with Crippen LogP contribution < -0.4 is 5.32 Å². The summed E-state index contributed by atoms with van der Waals surface area (Å²) in [4.78, 5) is 0. The Balaban J connectivity index is 1.69. The van der Waals surface area contributed by atoms with Crippen LogP contribution in [0.5, 0.6) is 0 Å². The van der Waals surface area contributed by atoms with Crippen molar-refractivity contribution in [1.29, 1.82) is 0 Å². The number of rotatable bonds is 2. The van der Waals surface area contributed by atoms with Crippen LogP contribution in [0, 0.1) is 0 Å². The molecule has 2 fully saturated rings. The maximum absolute atomic E-state index is 4.14. The van der Waals surface area contributed by atoms with E-state index in [1.54, 1.807) is 5.56 Å². The second kappa shape index (κ2) is 5.92. The molecular formula is C18H25N. The van der Waals surface area contributed by atoms with Gasteiger partial charge in [0.2, 0.25) is 0 Å². The zero-order valence-corrected chi connectivity index (χ0v) is 11.8. The lowest BCUT2D eigenvalue weighted by Gasteiger charge is -2.27. The van der Waals surface area contributed by atoms with Crippen molar-refractivity contribution in [2.24, 2.45) is 0 Å². The normalized spacial score (nSPS) is 25.5. The third kappa shape index (κ3) is 3.09. The predicted molar refractivity (Wildman–Crippen MR) is 81.4 cm³/mol. The van der Waals surface area contributed by atoms with E-state index >= 15 is 0 Å². The largest absolute Gasteiger partial charge is 0.309 e. The topological polar surface area (TPSA) is 12.0 Å². The standard InChI is InChI=1S/C18H25N/c1-14-11-12-19-18(13-14)17-9-7-16(8-10-17)15-5-3-2-4-6-15/h7-10,15,18-19H,1-6,11-13H2. The Hall–Kier alpha value is -1.08. The molecule has 0 spiro atoms. The highest BCUT2D eigenvalue weighted by molar-refractivity contribution is 5.29. The van der Waals surface area contributed by atoms with Crippen molar-refractivity contribution in [2.75, 3.05) is 6.54 Å². The third-order valence-corrected chi connectivity index (χ3v) is 4.78. The van der Waals surface area contributed by atoms with Gasteiger partial charge in [-0.2, -0.15) is 0 Å². The van der Waals surface area contributed by atoms with Gasteiger partial charge in [-0.1, -0.05) is 55.7 Å². The van der Waals surface area contributed by atoms with Gasteiger partial charge in [-0.3, -0.25) is 0 Å². The average molecular weight is 255 g/mol. The van der Waals surface area contributed by atoms with E-state index in [4.69, 9.17) is 0 Å². The van der Waals surface area contributed by atoms with Gasteiger partial charge in [0.05, 0.1) is 0 Å². The van der Waals surface area contributed by atoms with Gasteiger partial charge in [-0.25, -0.2) is 0 Å². The van der Waals surface area contributed by atoms with E-state index in [1.165, 1.54) is 43.2 Å². The maximum Gasteiger partial charge on any atom is 0.0357 e. The summed E-state index contributed by atoms with van der Waals surface area (Å²) in [7, 11) is 0. The van der Waals surface area contributed by atoms with Crippen LogP contribution >= 0.6 is 0 Å². The minimum Gasteiger partial charge on any atom is -0.309 e. The maximum atomic E-state index is 4.14. The van der Waals surface area contributed by atoms with Gasteiger partial charge in [0.15, 0.2) is 0 Å². The minimum absolute atomic E-state index is 0.488. The molecule has 1 nitrogen and oxygen atoms in total. The molecule has 0 amide bonds. The van der Waals surface area contributed by atoms with Crippen LogP contribution in [0.3, 0.4) is 0 Å². The Morgan fingerprint density at radius 3 is 2.32 bits per heavy atom. The quantitative estimate of drug-likeness (QED) is 0.754. The first kappa shape index (κ1) is 12.9. The number of piperidine rings is 1. The second-order valence-corrected chi connectivity index (χ2v) is 6.21. The molecule has 1 saturated carbocycles. The molecule has 0 bridgehead atoms. The van der Waals surface area contributed by atoms with Gasteiger partial charge in [0.25, 0.3) is 0 Å². The van der Waals surface area contributed by atoms with Gasteiger partial charge in [-0.15, -0.1) is 0 Å². The van der Waals surface area contributed by atoms with Crippen LogP contribution in [0.4, 0.5) is 0 Å². The monoisotopic (exact) mass is 255 g/mol. The first-order valence-electron chi connectivity index (χ1n) is 7.83. The molecule has 19 heavy (non-hydrogen) atoms. The highest BCUT2D eigenvalue weighted by Gasteiger charge is 2.18. The molecule has 2 aliphatic rings. The Labute approximate surface area is 117 Å². The van der Waals surface area contributed by atoms with E-state index in [1.807, 2.05) is 0 Å². The van der Waals surface area contributed by atoms with Crippen LogP contribution in [-0.4, -0.2) is 6.54 Å². The summed E-state index contributed by atoms with van der Waals surface area (Å²) >= 11 is 0. The molecule has 1 aliphatic carbocycles. The van der Waals surface area contributed by atoms with Crippen LogP contribution in [-0.2, 0) is 0 Å². The smallest absolute Gasteiger partial charge is 0.0357 e. The SMILES string of the molecule is C=C1CCNC(c2ccc(C3CCCCC3)cc2)C1. The summed E-state index contributed by atoms with van der Waals surface area (Å²) in [5.41, 5.74) is 4.37. The molecule has 1 atom stereocenters. The third-order valence-electron chi connectivity index (χ3n) is 4.78. The van der Waals surface area contributed by atoms with E-state index in [9.17, 15) is 0 Å². The molecular weight excluding hydrogens is 230 g/mol. The highest BCUT2D eigenvalue weighted by atomic mass is 14.9. The molecule has 1 saturated heterocycles. The Kier molecular flexibility index (Phi) is 4.03. The first-order chi connectivity index (χ1) is 9.33. The molecule has 0 aromatic heterocycles. The molecule has 1 heterocycles. The van der Waals surface area contributed by atoms with Crippen molar-refractivity contribution in [3.63, 3.8) is 0 Å². The van der Waals surface area contributed by atoms with E-state index in [0.717, 1.165) is 25.3 Å². The van der Waals surface area contributed by atoms with Crippen molar-refractivity contribution in [3.8, 4) is 0 Å². The molecule has 1 unspecified atom stereocenters. The number of hydrogen-bond acceptors (Lipinski definition) is 1. The van der Waals surface area contributed by atoms with Gasteiger partial charge < -0.3 is 5.32 Å². The molecule has 1 aromatic carbocycles. The molecule has 3 rings (SSSR count). The second-order valence-electron chi connectivity index (χ2n) is 6.21. The lowest BCUT2D eigenvalue weighted by Crippen LogP contribution is -2.27. The molecule has 0 radical (unpaired) electrons. The van der Waals surface area contributed by atoms with Gasteiger partial charge in [0, 0.05) is 6.04 Å². The Morgan fingerprint density at radius 2 is 1.63 bits per heavy atom. The van der Waals surface area contributed by atoms with Crippen LogP contribution in [0.25, 0.3) is 0 Å². The summed E-state index contributed by atoms with van der Waals surface area (Å²) in [5.74, 6) is 0.817. The average Bonchev–Trinajstić information content (AvgIpc) is 2.48. The Bertz CT molecular complexity index is 426. The summed E-state index contributed by atoms with van der Waals surface area (Å²) in [6, 6.07) is 9.89. The summed E-state index contributed by atoms with van der Waals surface area (Å²) in [6.45, 7) is 5.22. The number of hydrogen-bond donors (Lipinski definition) is 1. The van der Waals surface area contributed by atoms with Gasteiger partial charge in [0.1, 0.15) is 0 Å². The first-order valence-corrected chi connectivity index (χ1v) is 7.83. The summed E-state index contributed by atoms with van der Waals surface area (Å²) < 4.78 is 0. The van der Waals surface area contributed by atoms with E-state index < -0.39 is 0 Å². The minimum atomic E-state index is 0.488. The van der Waals surface area contributed by atoms with E-state index in [0.29, 0.717) is 6.04 Å². The fourth-order valence-corrected chi connectivity index (χ4v) is 3.56. The fraction of sp³-hybridized carbons (Fsp3) is 0.556. The van der Waals surface area contributed by atoms with Crippen molar-refractivity contribution < 1.29 is 0 Å². The van der Waals surface area contributed by atoms with Crippen LogP contribution in [0.1, 0.15) is 68.0 Å². The zero-order chi connectivity index (χ0) is 13.1. The molecule has 102 valence electrons. The molecule has 1 N–H and O–H groups in total. The Morgan fingerprint density at radius 1 is 0.947 bits per heavy atom. The van der Waals surface area contributed by atoms with E-state index in [-0.39, 0.29) is 0 Å². The van der Waals surface area contributed by atoms with E-state index in [2.05, 4.69) is 36.2 Å². The molecule has 1 heteroatoms. The predicted octanol–water partition coefficient (Wildman–Crippen LogP) is 4.72. The van der Waals surface area contributed by atoms with Crippen molar-refractivity contribution >= 4 is 0 Å². The lowest BCUT2D eigenvalue weighted by atomic mass is 9.83. The highest BCUT2D eigenvalue weighted by Crippen LogP contribution is 2.33. The van der Waals surface area contributed by atoms with Crippen molar-refractivity contribution in [2.45, 2.75) is 56.9 Å².